The van der Waals surface area contributed by atoms with Gasteiger partial charge in [-0.2, -0.15) is 5.10 Å². The summed E-state index contributed by atoms with van der Waals surface area (Å²) in [6.07, 6.45) is 8.77. The third kappa shape index (κ3) is 3.90. The number of nitrogens with one attached hydrogen (secondary N) is 3. The lowest BCUT2D eigenvalue weighted by molar-refractivity contribution is 0.469. The number of H-pyrrole nitrogens is 2. The zero-order chi connectivity index (χ0) is 24.8. The summed E-state index contributed by atoms with van der Waals surface area (Å²) < 4.78 is 14.0. The predicted molar refractivity (Wildman–Crippen MR) is 138 cm³/mol. The number of hydrogen-bond acceptors (Lipinski definition) is 6. The molecule has 4 N–H and O–H groups in total. The van der Waals surface area contributed by atoms with E-state index in [0.717, 1.165) is 44.9 Å². The van der Waals surface area contributed by atoms with Gasteiger partial charge in [0.15, 0.2) is 5.65 Å². The van der Waals surface area contributed by atoms with E-state index in [2.05, 4.69) is 49.3 Å². The second kappa shape index (κ2) is 8.46. The van der Waals surface area contributed by atoms with Crippen molar-refractivity contribution in [2.75, 3.05) is 5.32 Å². The van der Waals surface area contributed by atoms with Gasteiger partial charge in [0, 0.05) is 64.4 Å². The number of aromatic nitrogens is 6. The van der Waals surface area contributed by atoms with Crippen molar-refractivity contribution in [1.29, 1.82) is 0 Å². The Bertz CT molecular complexity index is 1720. The number of anilines is 1. The Hall–Kier alpha value is -4.79. The molecule has 5 heterocycles. The van der Waals surface area contributed by atoms with Crippen molar-refractivity contribution in [3.63, 3.8) is 0 Å². The maximum Gasteiger partial charge on any atom is 0.155 e. The molecule has 0 atom stereocenters. The lowest BCUT2D eigenvalue weighted by atomic mass is 10.0. The summed E-state index contributed by atoms with van der Waals surface area (Å²) in [6, 6.07) is 10.3. The Labute approximate surface area is 205 Å². The molecule has 0 amide bonds. The Kier molecular flexibility index (Phi) is 5.10. The van der Waals surface area contributed by atoms with Crippen LogP contribution in [0.15, 0.2) is 67.4 Å². The Morgan fingerprint density at radius 2 is 1.69 bits per heavy atom. The van der Waals surface area contributed by atoms with Crippen LogP contribution in [0.4, 0.5) is 10.1 Å². The van der Waals surface area contributed by atoms with Gasteiger partial charge in [0.2, 0.25) is 0 Å². The summed E-state index contributed by atoms with van der Waals surface area (Å²) in [5, 5.41) is 22.5. The first-order chi connectivity index (χ1) is 17.4. The first-order valence-corrected chi connectivity index (χ1v) is 11.5. The lowest BCUT2D eigenvalue weighted by Gasteiger charge is -2.10. The van der Waals surface area contributed by atoms with E-state index in [0.29, 0.717) is 28.5 Å². The maximum absolute atomic E-state index is 14.0. The first kappa shape index (κ1) is 21.7. The number of phenols is 1. The van der Waals surface area contributed by atoms with Gasteiger partial charge in [-0.25, -0.2) is 9.37 Å². The molecular weight excluding hydrogens is 457 g/mol. The van der Waals surface area contributed by atoms with Gasteiger partial charge in [-0.1, -0.05) is 0 Å². The predicted octanol–water partition coefficient (Wildman–Crippen LogP) is 5.90. The summed E-state index contributed by atoms with van der Waals surface area (Å²) in [7, 11) is 0. The number of hydrogen-bond donors (Lipinski definition) is 4. The summed E-state index contributed by atoms with van der Waals surface area (Å²) in [4.78, 5) is 16.6. The molecule has 0 aliphatic rings. The van der Waals surface area contributed by atoms with Gasteiger partial charge < -0.3 is 15.4 Å². The molecule has 6 aromatic rings. The van der Waals surface area contributed by atoms with Crippen molar-refractivity contribution in [1.82, 2.24) is 30.1 Å². The fourth-order valence-corrected chi connectivity index (χ4v) is 4.42. The minimum absolute atomic E-state index is 0.142. The number of phenolic OH excluding ortho intramolecular Hbond substituents is 1. The van der Waals surface area contributed by atoms with Crippen molar-refractivity contribution >= 4 is 27.6 Å². The minimum Gasteiger partial charge on any atom is -0.508 e. The highest BCUT2D eigenvalue weighted by atomic mass is 19.1. The van der Waals surface area contributed by atoms with Crippen molar-refractivity contribution in [3.05, 3.63) is 73.2 Å². The SMILES string of the molecule is CC(C)Nc1cncc(-c2cnc3[nH]nc(-c4cc5c(-c6cc(O)cc(F)c6)cncc5[nH]4)c3c2)c1. The smallest absolute Gasteiger partial charge is 0.155 e. The Balaban J connectivity index is 1.45. The van der Waals surface area contributed by atoms with Gasteiger partial charge in [0.1, 0.15) is 17.3 Å². The molecule has 0 aliphatic heterocycles. The molecular formula is C27H22FN7O. The van der Waals surface area contributed by atoms with Crippen LogP contribution in [0.2, 0.25) is 0 Å². The fourth-order valence-electron chi connectivity index (χ4n) is 4.42. The Morgan fingerprint density at radius 3 is 2.53 bits per heavy atom. The minimum atomic E-state index is -0.517. The monoisotopic (exact) mass is 479 g/mol. The Morgan fingerprint density at radius 1 is 0.861 bits per heavy atom. The average Bonchev–Trinajstić information content (AvgIpc) is 3.46. The molecule has 8 nitrogen and oxygen atoms in total. The number of fused-ring (bicyclic) bond motifs is 2. The standard InChI is InChI=1S/C27H22FN7O/c1-14(2)32-19-4-16(9-29-11-19)17-6-22-26(34-35-27(22)31-10-17)24-8-21-23(12-30-13-25(21)33-24)15-3-18(28)7-20(36)5-15/h3-14,32-33,36H,1-2H3,(H,31,34,35). The largest absolute Gasteiger partial charge is 0.508 e. The third-order valence-electron chi connectivity index (χ3n) is 5.94. The second-order valence-corrected chi connectivity index (χ2v) is 8.98. The van der Waals surface area contributed by atoms with Crippen LogP contribution in [0.5, 0.6) is 5.75 Å². The van der Waals surface area contributed by atoms with E-state index in [1.165, 1.54) is 12.1 Å². The van der Waals surface area contributed by atoms with Crippen LogP contribution >= 0.6 is 0 Å². The summed E-state index contributed by atoms with van der Waals surface area (Å²) in [5.74, 6) is -0.659. The number of benzene rings is 1. The van der Waals surface area contributed by atoms with Crippen LogP contribution in [-0.2, 0) is 0 Å². The normalized spacial score (nSPS) is 11.6. The van der Waals surface area contributed by atoms with E-state index in [-0.39, 0.29) is 5.75 Å². The summed E-state index contributed by atoms with van der Waals surface area (Å²) in [6.45, 7) is 4.16. The third-order valence-corrected chi connectivity index (χ3v) is 5.94. The number of nitrogens with zero attached hydrogens (tertiary/aromatic N) is 4. The number of rotatable bonds is 5. The van der Waals surface area contributed by atoms with Gasteiger partial charge in [-0.05, 0) is 49.7 Å². The molecule has 0 saturated heterocycles. The average molecular weight is 480 g/mol. The zero-order valence-electron chi connectivity index (χ0n) is 19.5. The molecule has 1 aromatic carbocycles. The molecule has 0 aliphatic carbocycles. The highest BCUT2D eigenvalue weighted by Gasteiger charge is 2.16. The van der Waals surface area contributed by atoms with Crippen LogP contribution in [-0.4, -0.2) is 41.3 Å². The number of aromatic hydroxyl groups is 1. The fraction of sp³-hybridized carbons (Fsp3) is 0.111. The topological polar surface area (TPSA) is 115 Å². The molecule has 0 unspecified atom stereocenters. The molecule has 5 aromatic heterocycles. The number of pyridine rings is 3. The van der Waals surface area contributed by atoms with Crippen molar-refractivity contribution in [2.24, 2.45) is 0 Å². The van der Waals surface area contributed by atoms with Gasteiger partial charge in [-0.3, -0.25) is 15.1 Å². The summed E-state index contributed by atoms with van der Waals surface area (Å²) >= 11 is 0. The van der Waals surface area contributed by atoms with Crippen molar-refractivity contribution in [2.45, 2.75) is 19.9 Å². The van der Waals surface area contributed by atoms with Gasteiger partial charge in [-0.15, -0.1) is 0 Å². The van der Waals surface area contributed by atoms with E-state index in [4.69, 9.17) is 0 Å². The highest BCUT2D eigenvalue weighted by molar-refractivity contribution is 6.00. The molecule has 0 bridgehead atoms. The van der Waals surface area contributed by atoms with Crippen LogP contribution in [0, 0.1) is 5.82 Å². The van der Waals surface area contributed by atoms with Gasteiger partial charge in [0.05, 0.1) is 23.1 Å². The molecule has 6 rings (SSSR count). The van der Waals surface area contributed by atoms with E-state index in [9.17, 15) is 9.50 Å². The molecule has 0 radical (unpaired) electrons. The van der Waals surface area contributed by atoms with Crippen molar-refractivity contribution < 1.29 is 9.50 Å². The van der Waals surface area contributed by atoms with Crippen LogP contribution in [0.3, 0.4) is 0 Å². The lowest BCUT2D eigenvalue weighted by Crippen LogP contribution is -2.09. The van der Waals surface area contributed by atoms with Gasteiger partial charge >= 0.3 is 0 Å². The zero-order valence-corrected chi connectivity index (χ0v) is 19.5. The molecule has 0 spiro atoms. The molecule has 0 fully saturated rings. The van der Waals surface area contributed by atoms with E-state index in [1.54, 1.807) is 24.8 Å². The van der Waals surface area contributed by atoms with Crippen LogP contribution in [0.1, 0.15) is 13.8 Å². The van der Waals surface area contributed by atoms with E-state index < -0.39 is 5.82 Å². The number of halogens is 1. The first-order valence-electron chi connectivity index (χ1n) is 11.5. The van der Waals surface area contributed by atoms with Crippen LogP contribution in [0.25, 0.3) is 55.6 Å². The van der Waals surface area contributed by atoms with E-state index in [1.807, 2.05) is 24.4 Å². The molecule has 9 heteroatoms. The summed E-state index contributed by atoms with van der Waals surface area (Å²) in [5.41, 5.74) is 6.92. The maximum atomic E-state index is 14.0. The number of aromatic amines is 2. The molecule has 36 heavy (non-hydrogen) atoms. The quantitative estimate of drug-likeness (QED) is 0.245. The molecule has 0 saturated carbocycles. The van der Waals surface area contributed by atoms with Crippen molar-refractivity contribution in [3.8, 4) is 39.4 Å². The van der Waals surface area contributed by atoms with Crippen LogP contribution < -0.4 is 5.32 Å². The van der Waals surface area contributed by atoms with E-state index >= 15 is 0 Å². The highest BCUT2D eigenvalue weighted by Crippen LogP contribution is 2.35. The van der Waals surface area contributed by atoms with Gasteiger partial charge in [0.25, 0.3) is 0 Å². The second-order valence-electron chi connectivity index (χ2n) is 8.98. The molecule has 178 valence electrons.